The Balaban J connectivity index is 0.000000372. The van der Waals surface area contributed by atoms with Gasteiger partial charge < -0.3 is 22.8 Å². The first-order chi connectivity index (χ1) is 19.6. The summed E-state index contributed by atoms with van der Waals surface area (Å²) in [5.74, 6) is 0. The Morgan fingerprint density at radius 2 is 1.32 bits per heavy atom. The first-order valence-corrected chi connectivity index (χ1v) is 15.8. The van der Waals surface area contributed by atoms with Crippen molar-refractivity contribution in [2.24, 2.45) is 0 Å². The van der Waals surface area contributed by atoms with Crippen LogP contribution in [0, 0.1) is 6.92 Å². The summed E-state index contributed by atoms with van der Waals surface area (Å²) in [7, 11) is -2.68. The molecule has 1 aliphatic rings. The molecule has 1 aliphatic heterocycles. The Bertz CT molecular complexity index is 1730. The van der Waals surface area contributed by atoms with Crippen molar-refractivity contribution in [2.75, 3.05) is 0 Å². The molecule has 7 rings (SSSR count). The van der Waals surface area contributed by atoms with Crippen LogP contribution in [0.3, 0.4) is 0 Å². The van der Waals surface area contributed by atoms with Gasteiger partial charge in [-0.25, -0.2) is 0 Å². The van der Waals surface area contributed by atoms with Crippen LogP contribution in [0.2, 0.25) is 0 Å². The largest absolute Gasteiger partial charge is 2.00 e. The molecule has 6 aromatic rings. The van der Waals surface area contributed by atoms with Crippen LogP contribution in [0.5, 0.6) is 0 Å². The fourth-order valence-electron chi connectivity index (χ4n) is 5.67. The van der Waals surface area contributed by atoms with E-state index in [9.17, 15) is 0 Å². The molecule has 3 aromatic heterocycles. The van der Waals surface area contributed by atoms with Crippen LogP contribution < -0.4 is 26.1 Å². The van der Waals surface area contributed by atoms with E-state index in [0.717, 1.165) is 44.6 Å². The predicted octanol–water partition coefficient (Wildman–Crippen LogP) is 4.31. The maximum atomic E-state index is 5.30. The zero-order valence-corrected chi connectivity index (χ0v) is 26.9. The summed E-state index contributed by atoms with van der Waals surface area (Å²) < 4.78 is 0. The normalized spacial score (nSPS) is 12.3. The topological polar surface area (TPSA) is 52.8 Å². The van der Waals surface area contributed by atoms with Crippen LogP contribution in [0.1, 0.15) is 18.2 Å². The number of nitrogens with zero attached hydrogens (tertiary/aromatic N) is 4. The van der Waals surface area contributed by atoms with Gasteiger partial charge in [0.2, 0.25) is 8.07 Å². The second kappa shape index (κ2) is 12.4. The molecular formula is C34H28N4PtSSi. The molecular weight excluding hydrogens is 720 g/mol. The second-order valence-corrected chi connectivity index (χ2v) is 13.8. The summed E-state index contributed by atoms with van der Waals surface area (Å²) in [6.45, 7) is 4.20. The van der Waals surface area contributed by atoms with Crippen LogP contribution >= 0.6 is 0 Å². The number of hydrogen-bond donors (Lipinski definition) is 0. The average Bonchev–Trinajstić information content (AvgIpc) is 3.54. The number of aromatic nitrogens is 4. The molecule has 4 nitrogen and oxygen atoms in total. The van der Waals surface area contributed by atoms with Gasteiger partial charge in [0.05, 0.1) is 0 Å². The summed E-state index contributed by atoms with van der Waals surface area (Å²) in [6, 6.07) is 39.7. The summed E-state index contributed by atoms with van der Waals surface area (Å²) in [4.78, 5) is 11.1. The zero-order chi connectivity index (χ0) is 27.5. The van der Waals surface area contributed by atoms with Crippen molar-refractivity contribution >= 4 is 41.7 Å². The fourth-order valence-corrected chi connectivity index (χ4v) is 10.7. The molecule has 0 N–H and O–H groups in total. The quantitative estimate of drug-likeness (QED) is 0.199. The SMILES string of the molecule is CCc1n[n-]c(-c2cccc([Si]3(c4ccccn4)c4ccccc4-c4ccccc43)n2)c1C.[Pt+2].[S-]c1ccccc1. The number of benzene rings is 3. The van der Waals surface area contributed by atoms with Crippen molar-refractivity contribution in [1.29, 1.82) is 0 Å². The number of fused-ring (bicyclic) bond motifs is 3. The Morgan fingerprint density at radius 3 is 1.88 bits per heavy atom. The minimum Gasteiger partial charge on any atom is -0.780 e. The third kappa shape index (κ3) is 5.12. The van der Waals surface area contributed by atoms with E-state index in [2.05, 4.69) is 96.8 Å². The standard InChI is InChI=1S/C28H23N4Si.C6H6S.Pt/c1-3-22-19(2)28(32-31-22)23-13-10-17-27(30-23)33(26-16-8-9-18-29-26)24-14-6-4-11-20(24)21-12-5-7-15-25(21)33;7-6-4-2-1-3-5-6;/h4-18H,3H2,1-2H3;1-5,7H;/q-1;;+2/p-1. The van der Waals surface area contributed by atoms with Crippen molar-refractivity contribution < 1.29 is 21.1 Å². The van der Waals surface area contributed by atoms with Gasteiger partial charge in [-0.3, -0.25) is 9.97 Å². The maximum absolute atomic E-state index is 5.30. The molecule has 0 saturated heterocycles. The molecule has 0 bridgehead atoms. The molecule has 0 radical (unpaired) electrons. The molecule has 41 heavy (non-hydrogen) atoms. The molecule has 4 heterocycles. The zero-order valence-electron chi connectivity index (χ0n) is 22.8. The minimum atomic E-state index is -2.68. The molecule has 0 aliphatic carbocycles. The number of pyridine rings is 2. The van der Waals surface area contributed by atoms with E-state index in [4.69, 9.17) is 22.6 Å². The van der Waals surface area contributed by atoms with Crippen molar-refractivity contribution in [3.8, 4) is 22.5 Å². The number of aryl methyl sites for hydroxylation is 1. The van der Waals surface area contributed by atoms with Crippen LogP contribution in [0.4, 0.5) is 0 Å². The van der Waals surface area contributed by atoms with Gasteiger partial charge in [0.25, 0.3) is 0 Å². The predicted molar refractivity (Wildman–Crippen MR) is 167 cm³/mol. The Hall–Kier alpha value is -3.70. The van der Waals surface area contributed by atoms with Gasteiger partial charge in [0, 0.05) is 28.2 Å². The second-order valence-electron chi connectivity index (χ2n) is 9.75. The Kier molecular flexibility index (Phi) is 8.74. The molecule has 3 aromatic carbocycles. The van der Waals surface area contributed by atoms with Gasteiger partial charge in [-0.05, 0) is 64.7 Å². The number of rotatable bonds is 4. The van der Waals surface area contributed by atoms with Gasteiger partial charge in [-0.15, -0.1) is 0 Å². The maximum Gasteiger partial charge on any atom is 2.00 e. The van der Waals surface area contributed by atoms with Crippen molar-refractivity contribution in [2.45, 2.75) is 25.2 Å². The van der Waals surface area contributed by atoms with E-state index >= 15 is 0 Å². The van der Waals surface area contributed by atoms with E-state index in [1.54, 1.807) is 0 Å². The molecule has 0 amide bonds. The van der Waals surface area contributed by atoms with Crippen molar-refractivity contribution in [1.82, 2.24) is 20.2 Å². The molecule has 0 atom stereocenters. The van der Waals surface area contributed by atoms with Gasteiger partial charge in [-0.1, -0.05) is 104 Å². The third-order valence-corrected chi connectivity index (χ3v) is 12.4. The van der Waals surface area contributed by atoms with Crippen molar-refractivity contribution in [3.05, 3.63) is 133 Å². The summed E-state index contributed by atoms with van der Waals surface area (Å²) in [5, 5.41) is 13.8. The summed E-state index contributed by atoms with van der Waals surface area (Å²) in [5.41, 5.74) is 6.47. The molecule has 7 heteroatoms. The third-order valence-electron chi connectivity index (χ3n) is 7.51. The van der Waals surface area contributed by atoms with Crippen LogP contribution in [-0.4, -0.2) is 23.1 Å². The van der Waals surface area contributed by atoms with Crippen LogP contribution in [-0.2, 0) is 40.1 Å². The number of hydrogen-bond acceptors (Lipinski definition) is 4. The van der Waals surface area contributed by atoms with Gasteiger partial charge in [-0.2, -0.15) is 4.90 Å². The molecule has 0 spiro atoms. The first kappa shape index (κ1) is 28.8. The minimum absolute atomic E-state index is 0. The molecule has 0 saturated carbocycles. The van der Waals surface area contributed by atoms with Gasteiger partial charge in [0.1, 0.15) is 0 Å². The average molecular weight is 748 g/mol. The molecule has 204 valence electrons. The molecule has 0 unspecified atom stereocenters. The monoisotopic (exact) mass is 747 g/mol. The van der Waals surface area contributed by atoms with E-state index in [-0.39, 0.29) is 21.1 Å². The van der Waals surface area contributed by atoms with E-state index < -0.39 is 8.07 Å². The summed E-state index contributed by atoms with van der Waals surface area (Å²) >= 11 is 4.81. The van der Waals surface area contributed by atoms with Crippen molar-refractivity contribution in [3.63, 3.8) is 0 Å². The molecule has 0 fully saturated rings. The summed E-state index contributed by atoms with van der Waals surface area (Å²) in [6.07, 6.45) is 2.77. The van der Waals surface area contributed by atoms with E-state index in [0.29, 0.717) is 0 Å². The Morgan fingerprint density at radius 1 is 0.707 bits per heavy atom. The Labute approximate surface area is 262 Å². The first-order valence-electron chi connectivity index (χ1n) is 13.4. The van der Waals surface area contributed by atoms with E-state index in [1.165, 1.54) is 21.5 Å². The van der Waals surface area contributed by atoms with Crippen LogP contribution in [0.15, 0.2) is 126 Å². The van der Waals surface area contributed by atoms with E-state index in [1.807, 2.05) is 48.7 Å². The fraction of sp³-hybridized carbons (Fsp3) is 0.0882. The van der Waals surface area contributed by atoms with Crippen LogP contribution in [0.25, 0.3) is 22.5 Å². The van der Waals surface area contributed by atoms with Gasteiger partial charge >= 0.3 is 21.1 Å². The van der Waals surface area contributed by atoms with Gasteiger partial charge in [0.15, 0.2) is 0 Å². The smallest absolute Gasteiger partial charge is 0.780 e.